The third-order valence-corrected chi connectivity index (χ3v) is 4.77. The van der Waals surface area contributed by atoms with E-state index in [-0.39, 0.29) is 12.0 Å². The summed E-state index contributed by atoms with van der Waals surface area (Å²) in [5.74, 6) is 0.167. The Morgan fingerprint density at radius 2 is 2.13 bits per heavy atom. The summed E-state index contributed by atoms with van der Waals surface area (Å²) >= 11 is 0. The van der Waals surface area contributed by atoms with Crippen molar-refractivity contribution in [3.63, 3.8) is 0 Å². The van der Waals surface area contributed by atoms with Crippen molar-refractivity contribution >= 4 is 5.91 Å². The van der Waals surface area contributed by atoms with Crippen LogP contribution in [0.4, 0.5) is 0 Å². The number of likely N-dealkylation sites (tertiary alicyclic amines) is 1. The lowest BCUT2D eigenvalue weighted by molar-refractivity contribution is -0.150. The number of likely N-dealkylation sites (N-methyl/N-ethyl adjacent to an activating group) is 1. The van der Waals surface area contributed by atoms with E-state index in [1.54, 1.807) is 0 Å². The number of benzene rings is 1. The fourth-order valence-electron chi connectivity index (χ4n) is 3.60. The minimum absolute atomic E-state index is 0.167. The molecule has 2 atom stereocenters. The van der Waals surface area contributed by atoms with Gasteiger partial charge in [-0.25, -0.2) is 0 Å². The fraction of sp³-hybridized carbons (Fsp3) is 0.611. The average Bonchev–Trinajstić information content (AvgIpc) is 3.04. The maximum atomic E-state index is 12.8. The van der Waals surface area contributed by atoms with Crippen molar-refractivity contribution < 1.29 is 9.53 Å². The van der Waals surface area contributed by atoms with Crippen molar-refractivity contribution in [1.29, 1.82) is 0 Å². The van der Waals surface area contributed by atoms with Crippen molar-refractivity contribution in [2.24, 2.45) is 0 Å². The third-order valence-electron chi connectivity index (χ3n) is 4.77. The lowest BCUT2D eigenvalue weighted by Crippen LogP contribution is -2.53. The van der Waals surface area contributed by atoms with Gasteiger partial charge in [-0.1, -0.05) is 30.3 Å². The van der Waals surface area contributed by atoms with Crippen LogP contribution in [0.25, 0.3) is 0 Å². The number of nitrogens with one attached hydrogen (secondary N) is 1. The first-order chi connectivity index (χ1) is 11.3. The van der Waals surface area contributed by atoms with Gasteiger partial charge in [-0.15, -0.1) is 0 Å². The number of hydrogen-bond donors (Lipinski definition) is 1. The molecule has 0 bridgehead atoms. The minimum Gasteiger partial charge on any atom is -0.366 e. The summed E-state index contributed by atoms with van der Waals surface area (Å²) in [6.07, 6.45) is 1.87. The quantitative estimate of drug-likeness (QED) is 0.883. The van der Waals surface area contributed by atoms with Gasteiger partial charge in [0.1, 0.15) is 6.10 Å². The van der Waals surface area contributed by atoms with Crippen molar-refractivity contribution in [1.82, 2.24) is 15.1 Å². The molecule has 0 aliphatic carbocycles. The molecule has 2 heterocycles. The summed E-state index contributed by atoms with van der Waals surface area (Å²) in [7, 11) is 1.94. The first-order valence-electron chi connectivity index (χ1n) is 8.61. The van der Waals surface area contributed by atoms with Gasteiger partial charge in [-0.3, -0.25) is 9.69 Å². The van der Waals surface area contributed by atoms with Gasteiger partial charge in [-0.05, 0) is 25.5 Å². The maximum absolute atomic E-state index is 12.8. The Bertz CT molecular complexity index is 508. The second-order valence-corrected chi connectivity index (χ2v) is 6.47. The van der Waals surface area contributed by atoms with Gasteiger partial charge in [0, 0.05) is 38.8 Å². The molecule has 23 heavy (non-hydrogen) atoms. The lowest BCUT2D eigenvalue weighted by atomic mass is 10.1. The summed E-state index contributed by atoms with van der Waals surface area (Å²) in [4.78, 5) is 17.2. The van der Waals surface area contributed by atoms with Crippen LogP contribution in [0.2, 0.25) is 0 Å². The van der Waals surface area contributed by atoms with Crippen LogP contribution in [0.5, 0.6) is 0 Å². The van der Waals surface area contributed by atoms with E-state index < -0.39 is 0 Å². The van der Waals surface area contributed by atoms with E-state index >= 15 is 0 Å². The second-order valence-electron chi connectivity index (χ2n) is 6.47. The number of amides is 1. The van der Waals surface area contributed by atoms with E-state index in [4.69, 9.17) is 4.74 Å². The van der Waals surface area contributed by atoms with Crippen molar-refractivity contribution in [3.05, 3.63) is 35.9 Å². The maximum Gasteiger partial charge on any atom is 0.253 e. The van der Waals surface area contributed by atoms with E-state index in [0.29, 0.717) is 19.2 Å². The third kappa shape index (κ3) is 4.10. The Hall–Kier alpha value is -1.43. The topological polar surface area (TPSA) is 44.8 Å². The molecule has 1 amide bonds. The van der Waals surface area contributed by atoms with Crippen LogP contribution in [0, 0.1) is 0 Å². The molecule has 1 aromatic rings. The Morgan fingerprint density at radius 3 is 2.91 bits per heavy atom. The summed E-state index contributed by atoms with van der Waals surface area (Å²) < 4.78 is 5.79. The lowest BCUT2D eigenvalue weighted by Gasteiger charge is -2.35. The highest BCUT2D eigenvalue weighted by Crippen LogP contribution is 2.20. The number of morpholine rings is 1. The van der Waals surface area contributed by atoms with Crippen molar-refractivity contribution in [2.75, 3.05) is 39.8 Å². The predicted octanol–water partition coefficient (Wildman–Crippen LogP) is 1.10. The zero-order valence-electron chi connectivity index (χ0n) is 13.9. The van der Waals surface area contributed by atoms with Gasteiger partial charge in [0.15, 0.2) is 0 Å². The molecule has 2 unspecified atom stereocenters. The summed E-state index contributed by atoms with van der Waals surface area (Å²) in [5.41, 5.74) is 1.29. The van der Waals surface area contributed by atoms with Crippen LogP contribution in [0.1, 0.15) is 18.4 Å². The van der Waals surface area contributed by atoms with Crippen molar-refractivity contribution in [2.45, 2.75) is 31.5 Å². The first-order valence-corrected chi connectivity index (χ1v) is 8.61. The molecule has 1 aromatic carbocycles. The average molecular weight is 317 g/mol. The molecule has 1 N–H and O–H groups in total. The molecule has 2 aliphatic heterocycles. The zero-order chi connectivity index (χ0) is 16.1. The SMILES string of the molecule is CNCC1CCCN1C(=O)C1CN(Cc2ccccc2)CCO1. The van der Waals surface area contributed by atoms with Gasteiger partial charge in [0.2, 0.25) is 0 Å². The number of carbonyl (C=O) groups excluding carboxylic acids is 1. The number of ether oxygens (including phenoxy) is 1. The van der Waals surface area contributed by atoms with Gasteiger partial charge in [-0.2, -0.15) is 0 Å². The van der Waals surface area contributed by atoms with Crippen LogP contribution < -0.4 is 5.32 Å². The molecule has 0 aromatic heterocycles. The normalized spacial score (nSPS) is 25.7. The van der Waals surface area contributed by atoms with Gasteiger partial charge >= 0.3 is 0 Å². The smallest absolute Gasteiger partial charge is 0.253 e. The molecule has 3 rings (SSSR count). The Labute approximate surface area is 138 Å². The molecule has 0 radical (unpaired) electrons. The van der Waals surface area contributed by atoms with E-state index in [1.807, 2.05) is 18.0 Å². The molecule has 2 fully saturated rings. The van der Waals surface area contributed by atoms with Gasteiger partial charge in [0.05, 0.1) is 6.61 Å². The predicted molar refractivity (Wildman–Crippen MR) is 90.1 cm³/mol. The number of hydrogen-bond acceptors (Lipinski definition) is 4. The van der Waals surface area contributed by atoms with Crippen molar-refractivity contribution in [3.8, 4) is 0 Å². The van der Waals surface area contributed by atoms with Gasteiger partial charge in [0.25, 0.3) is 5.91 Å². The van der Waals surface area contributed by atoms with Gasteiger partial charge < -0.3 is 15.0 Å². The molecule has 2 aliphatic rings. The Balaban J connectivity index is 1.58. The van der Waals surface area contributed by atoms with Crippen LogP contribution >= 0.6 is 0 Å². The summed E-state index contributed by atoms with van der Waals surface area (Å²) in [6, 6.07) is 10.7. The van der Waals surface area contributed by atoms with E-state index in [0.717, 1.165) is 39.0 Å². The standard InChI is InChI=1S/C18H27N3O2/c1-19-12-16-8-5-9-21(16)18(22)17-14-20(10-11-23-17)13-15-6-3-2-4-7-15/h2-4,6-7,16-17,19H,5,8-14H2,1H3. The molecular weight excluding hydrogens is 290 g/mol. The molecular formula is C18H27N3O2. The van der Waals surface area contributed by atoms with E-state index in [2.05, 4.69) is 34.5 Å². The zero-order valence-corrected chi connectivity index (χ0v) is 13.9. The molecule has 5 nitrogen and oxygen atoms in total. The van der Waals surface area contributed by atoms with Crippen LogP contribution in [0.15, 0.2) is 30.3 Å². The van der Waals surface area contributed by atoms with Crippen LogP contribution in [-0.2, 0) is 16.1 Å². The highest BCUT2D eigenvalue weighted by atomic mass is 16.5. The molecule has 126 valence electrons. The molecule has 0 spiro atoms. The molecule has 2 saturated heterocycles. The number of rotatable bonds is 5. The largest absolute Gasteiger partial charge is 0.366 e. The Morgan fingerprint density at radius 1 is 1.30 bits per heavy atom. The Kier molecular flexibility index (Phi) is 5.65. The number of nitrogens with zero attached hydrogens (tertiary/aromatic N) is 2. The summed E-state index contributed by atoms with van der Waals surface area (Å²) in [6.45, 7) is 4.83. The first kappa shape index (κ1) is 16.4. The fourth-order valence-corrected chi connectivity index (χ4v) is 3.60. The van der Waals surface area contributed by atoms with Crippen LogP contribution in [-0.4, -0.2) is 67.7 Å². The highest BCUT2D eigenvalue weighted by Gasteiger charge is 2.35. The monoisotopic (exact) mass is 317 g/mol. The number of carbonyl (C=O) groups is 1. The minimum atomic E-state index is -0.315. The molecule has 5 heteroatoms. The highest BCUT2D eigenvalue weighted by molar-refractivity contribution is 5.82. The van der Waals surface area contributed by atoms with E-state index in [9.17, 15) is 4.79 Å². The second kappa shape index (κ2) is 7.90. The van der Waals surface area contributed by atoms with E-state index in [1.165, 1.54) is 5.56 Å². The summed E-state index contributed by atoms with van der Waals surface area (Å²) in [5, 5.41) is 3.19. The van der Waals surface area contributed by atoms with Crippen LogP contribution in [0.3, 0.4) is 0 Å². The molecule has 0 saturated carbocycles.